The highest BCUT2D eigenvalue weighted by Gasteiger charge is 2.18. The number of hydrogen-bond acceptors (Lipinski definition) is 6. The molecular formula is C14H11N5O4. The Balaban J connectivity index is 1.92. The predicted molar refractivity (Wildman–Crippen MR) is 81.5 cm³/mol. The van der Waals surface area contributed by atoms with Crippen molar-refractivity contribution in [1.82, 2.24) is 15.2 Å². The molecule has 9 heteroatoms. The van der Waals surface area contributed by atoms with Crippen LogP contribution in [0.2, 0.25) is 0 Å². The first-order valence-corrected chi connectivity index (χ1v) is 6.52. The molecule has 0 aliphatic rings. The fraction of sp³-hybridized carbons (Fsp3) is 0.0714. The summed E-state index contributed by atoms with van der Waals surface area (Å²) in [6.07, 6.45) is 3.11. The first-order valence-electron chi connectivity index (χ1n) is 6.52. The minimum atomic E-state index is -0.541. The number of carbonyl (C=O) groups excluding carboxylic acids is 1. The second kappa shape index (κ2) is 5.72. The zero-order chi connectivity index (χ0) is 16.4. The average Bonchev–Trinajstić information content (AvgIpc) is 2.99. The second-order valence-electron chi connectivity index (χ2n) is 4.59. The van der Waals surface area contributed by atoms with Gasteiger partial charge >= 0.3 is 0 Å². The van der Waals surface area contributed by atoms with Gasteiger partial charge in [0.15, 0.2) is 5.69 Å². The van der Waals surface area contributed by atoms with Gasteiger partial charge in [0.1, 0.15) is 5.75 Å². The topological polar surface area (TPSA) is 123 Å². The summed E-state index contributed by atoms with van der Waals surface area (Å²) in [4.78, 5) is 26.6. The van der Waals surface area contributed by atoms with E-state index in [0.29, 0.717) is 16.6 Å². The lowest BCUT2D eigenvalue weighted by atomic mass is 10.2. The first kappa shape index (κ1) is 14.4. The largest absolute Gasteiger partial charge is 0.494 e. The summed E-state index contributed by atoms with van der Waals surface area (Å²) in [6, 6.07) is 5.62. The summed E-state index contributed by atoms with van der Waals surface area (Å²) in [5, 5.41) is 20.7. The van der Waals surface area contributed by atoms with Crippen LogP contribution in [0.5, 0.6) is 5.75 Å². The number of hydrogen-bond donors (Lipinski definition) is 2. The van der Waals surface area contributed by atoms with Gasteiger partial charge in [0.25, 0.3) is 11.6 Å². The highest BCUT2D eigenvalue weighted by molar-refractivity contribution is 6.11. The minimum absolute atomic E-state index is 0.130. The lowest BCUT2D eigenvalue weighted by molar-refractivity contribution is -0.384. The highest BCUT2D eigenvalue weighted by Crippen LogP contribution is 2.29. The van der Waals surface area contributed by atoms with Crippen LogP contribution < -0.4 is 10.1 Å². The molecule has 116 valence electrons. The Morgan fingerprint density at radius 3 is 2.96 bits per heavy atom. The average molecular weight is 313 g/mol. The van der Waals surface area contributed by atoms with E-state index in [1.165, 1.54) is 31.5 Å². The number of aromatic nitrogens is 3. The number of methoxy groups -OCH3 is 1. The molecule has 0 atom stereocenters. The molecule has 1 amide bonds. The van der Waals surface area contributed by atoms with Gasteiger partial charge in [-0.3, -0.25) is 25.0 Å². The van der Waals surface area contributed by atoms with Gasteiger partial charge in [-0.1, -0.05) is 0 Å². The number of nitro groups is 1. The molecule has 9 nitrogen and oxygen atoms in total. The number of rotatable bonds is 4. The van der Waals surface area contributed by atoms with Crippen LogP contribution in [0.3, 0.4) is 0 Å². The van der Waals surface area contributed by atoms with E-state index in [1.807, 2.05) is 0 Å². The Kier molecular flexibility index (Phi) is 3.59. The van der Waals surface area contributed by atoms with E-state index in [-0.39, 0.29) is 17.1 Å². The van der Waals surface area contributed by atoms with Crippen LogP contribution in [-0.4, -0.2) is 33.1 Å². The minimum Gasteiger partial charge on any atom is -0.494 e. The third-order valence-electron chi connectivity index (χ3n) is 3.22. The van der Waals surface area contributed by atoms with Crippen LogP contribution in [0.4, 0.5) is 11.4 Å². The first-order chi connectivity index (χ1) is 11.1. The van der Waals surface area contributed by atoms with E-state index >= 15 is 0 Å². The van der Waals surface area contributed by atoms with Crippen molar-refractivity contribution in [2.45, 2.75) is 0 Å². The molecule has 3 aromatic rings. The number of ether oxygens (including phenoxy) is 1. The number of aromatic amines is 1. The summed E-state index contributed by atoms with van der Waals surface area (Å²) in [7, 11) is 1.36. The Hall–Kier alpha value is -3.49. The molecule has 2 N–H and O–H groups in total. The van der Waals surface area contributed by atoms with Gasteiger partial charge in [-0.15, -0.1) is 0 Å². The van der Waals surface area contributed by atoms with Crippen molar-refractivity contribution in [2.75, 3.05) is 12.4 Å². The molecule has 0 spiro atoms. The molecule has 0 unspecified atom stereocenters. The molecule has 0 aliphatic carbocycles. The van der Waals surface area contributed by atoms with E-state index in [0.717, 1.165) is 0 Å². The Morgan fingerprint density at radius 1 is 1.39 bits per heavy atom. The van der Waals surface area contributed by atoms with Gasteiger partial charge in [0.05, 0.1) is 34.7 Å². The maximum Gasteiger partial charge on any atom is 0.276 e. The lowest BCUT2D eigenvalue weighted by Gasteiger charge is -2.09. The molecule has 2 heterocycles. The molecule has 2 aromatic heterocycles. The SMILES string of the molecule is COc1cc([N+](=O)[O-])ccc1NC(=O)c1n[nH]c2ccncc12. The monoisotopic (exact) mass is 313 g/mol. The lowest BCUT2D eigenvalue weighted by Crippen LogP contribution is -2.13. The third kappa shape index (κ3) is 2.67. The number of nitro benzene ring substituents is 1. The molecule has 1 aromatic carbocycles. The maximum atomic E-state index is 12.4. The maximum absolute atomic E-state index is 12.4. The molecule has 0 fully saturated rings. The molecule has 0 radical (unpaired) electrons. The quantitative estimate of drug-likeness (QED) is 0.562. The Labute approximate surface area is 129 Å². The number of nitrogens with one attached hydrogen (secondary N) is 2. The van der Waals surface area contributed by atoms with Gasteiger partial charge in [-0.05, 0) is 12.1 Å². The Morgan fingerprint density at radius 2 is 2.22 bits per heavy atom. The Bertz CT molecular complexity index is 905. The van der Waals surface area contributed by atoms with Gasteiger partial charge in [0, 0.05) is 18.5 Å². The summed E-state index contributed by atoms with van der Waals surface area (Å²) >= 11 is 0. The number of amides is 1. The van der Waals surface area contributed by atoms with Crippen molar-refractivity contribution in [1.29, 1.82) is 0 Å². The van der Waals surface area contributed by atoms with E-state index in [9.17, 15) is 14.9 Å². The van der Waals surface area contributed by atoms with E-state index in [1.54, 1.807) is 12.3 Å². The fourth-order valence-corrected chi connectivity index (χ4v) is 2.11. The second-order valence-corrected chi connectivity index (χ2v) is 4.59. The van der Waals surface area contributed by atoms with Gasteiger partial charge in [-0.2, -0.15) is 5.10 Å². The van der Waals surface area contributed by atoms with Crippen molar-refractivity contribution < 1.29 is 14.5 Å². The predicted octanol–water partition coefficient (Wildman–Crippen LogP) is 2.13. The smallest absolute Gasteiger partial charge is 0.276 e. The zero-order valence-corrected chi connectivity index (χ0v) is 11.9. The molecule has 0 bridgehead atoms. The number of anilines is 1. The summed E-state index contributed by atoms with van der Waals surface area (Å²) in [5.41, 5.74) is 1.03. The molecule has 0 aliphatic heterocycles. The number of pyridine rings is 1. The molecule has 0 saturated carbocycles. The number of fused-ring (bicyclic) bond motifs is 1. The van der Waals surface area contributed by atoms with Gasteiger partial charge < -0.3 is 10.1 Å². The fourth-order valence-electron chi connectivity index (χ4n) is 2.11. The standard InChI is InChI=1S/C14H11N5O4/c1-23-12-6-8(19(21)22)2-3-11(12)16-14(20)13-9-7-15-5-4-10(9)17-18-13/h2-7H,1H3,(H,16,20)(H,17,18). The number of non-ortho nitro benzene ring substituents is 1. The van der Waals surface area contributed by atoms with Crippen LogP contribution in [0.15, 0.2) is 36.7 Å². The molecule has 23 heavy (non-hydrogen) atoms. The van der Waals surface area contributed by atoms with E-state index in [2.05, 4.69) is 20.5 Å². The van der Waals surface area contributed by atoms with Crippen molar-refractivity contribution in [3.63, 3.8) is 0 Å². The van der Waals surface area contributed by atoms with Crippen LogP contribution in [0, 0.1) is 10.1 Å². The molecule has 0 saturated heterocycles. The van der Waals surface area contributed by atoms with E-state index in [4.69, 9.17) is 4.74 Å². The van der Waals surface area contributed by atoms with Gasteiger partial charge in [-0.25, -0.2) is 0 Å². The summed E-state index contributed by atoms with van der Waals surface area (Å²) < 4.78 is 5.08. The summed E-state index contributed by atoms with van der Waals surface area (Å²) in [5.74, 6) is -0.290. The van der Waals surface area contributed by atoms with Crippen LogP contribution in [0.1, 0.15) is 10.5 Å². The number of H-pyrrole nitrogens is 1. The van der Waals surface area contributed by atoms with Crippen LogP contribution in [-0.2, 0) is 0 Å². The zero-order valence-electron chi connectivity index (χ0n) is 11.9. The number of carbonyl (C=O) groups is 1. The summed E-state index contributed by atoms with van der Waals surface area (Å²) in [6.45, 7) is 0. The molecule has 3 rings (SSSR count). The van der Waals surface area contributed by atoms with Crippen molar-refractivity contribution >= 4 is 28.2 Å². The van der Waals surface area contributed by atoms with Crippen LogP contribution >= 0.6 is 0 Å². The highest BCUT2D eigenvalue weighted by atomic mass is 16.6. The van der Waals surface area contributed by atoms with Crippen molar-refractivity contribution in [3.8, 4) is 5.75 Å². The normalized spacial score (nSPS) is 10.5. The van der Waals surface area contributed by atoms with Gasteiger partial charge in [0.2, 0.25) is 0 Å². The third-order valence-corrected chi connectivity index (χ3v) is 3.22. The van der Waals surface area contributed by atoms with E-state index < -0.39 is 10.8 Å². The van der Waals surface area contributed by atoms with Crippen molar-refractivity contribution in [2.24, 2.45) is 0 Å². The number of nitrogens with zero attached hydrogens (tertiary/aromatic N) is 3. The van der Waals surface area contributed by atoms with Crippen LogP contribution in [0.25, 0.3) is 10.9 Å². The number of benzene rings is 1. The van der Waals surface area contributed by atoms with Crippen molar-refractivity contribution in [3.05, 3.63) is 52.5 Å². The molecular weight excluding hydrogens is 302 g/mol.